The summed E-state index contributed by atoms with van der Waals surface area (Å²) >= 11 is 3.81. The highest BCUT2D eigenvalue weighted by molar-refractivity contribution is 7.99. The molecule has 0 bridgehead atoms. The number of nitrogens with zero attached hydrogens (tertiary/aromatic N) is 3. The SMILES string of the molecule is Cc1c(C(N)=O)sc(NC(=O)CSc2nnc(-c3csc4ccccc34)n2C)c1C(=O)OC(C)C. The number of benzene rings is 1. The summed E-state index contributed by atoms with van der Waals surface area (Å²) in [5, 5.41) is 15.2. The Labute approximate surface area is 213 Å². The summed E-state index contributed by atoms with van der Waals surface area (Å²) in [6.45, 7) is 5.04. The highest BCUT2D eigenvalue weighted by Crippen LogP contribution is 2.35. The van der Waals surface area contributed by atoms with Crippen LogP contribution in [0.1, 0.15) is 39.4 Å². The van der Waals surface area contributed by atoms with Crippen LogP contribution < -0.4 is 11.1 Å². The Morgan fingerprint density at radius 2 is 1.97 bits per heavy atom. The summed E-state index contributed by atoms with van der Waals surface area (Å²) in [4.78, 5) is 37.3. The molecule has 2 amide bonds. The van der Waals surface area contributed by atoms with Crippen LogP contribution in [0.25, 0.3) is 21.5 Å². The van der Waals surface area contributed by atoms with Crippen LogP contribution in [0.4, 0.5) is 5.00 Å². The third-order valence-corrected chi connectivity index (χ3v) is 8.27. The van der Waals surface area contributed by atoms with Crippen LogP contribution >= 0.6 is 34.4 Å². The van der Waals surface area contributed by atoms with Gasteiger partial charge in [-0.1, -0.05) is 30.0 Å². The molecule has 0 aliphatic heterocycles. The first kappa shape index (κ1) is 24.9. The lowest BCUT2D eigenvalue weighted by Crippen LogP contribution is -2.18. The monoisotopic (exact) mass is 529 g/mol. The molecular weight excluding hydrogens is 506 g/mol. The van der Waals surface area contributed by atoms with Crippen LogP contribution in [-0.4, -0.2) is 44.4 Å². The number of nitrogens with two attached hydrogens (primary N) is 1. The van der Waals surface area contributed by atoms with Gasteiger partial charge in [0.1, 0.15) is 5.00 Å². The van der Waals surface area contributed by atoms with Crippen molar-refractivity contribution >= 4 is 67.3 Å². The number of aromatic nitrogens is 3. The molecule has 4 aromatic rings. The Morgan fingerprint density at radius 1 is 1.23 bits per heavy atom. The maximum atomic E-state index is 12.7. The Kier molecular flexibility index (Phi) is 7.24. The van der Waals surface area contributed by atoms with Gasteiger partial charge in [0, 0.05) is 28.1 Å². The standard InChI is InChI=1S/C23H23N5O4S3/c1-11(2)32-22(31)17-12(3)18(19(24)30)35-21(17)25-16(29)10-34-23-27-26-20(28(23)4)14-9-33-15-8-6-5-7-13(14)15/h5-9,11H,10H2,1-4H3,(H2,24,30)(H,25,29). The molecular formula is C23H23N5O4S3. The number of rotatable bonds is 8. The molecule has 3 heterocycles. The summed E-state index contributed by atoms with van der Waals surface area (Å²) in [6.07, 6.45) is -0.358. The van der Waals surface area contributed by atoms with Gasteiger partial charge in [-0.15, -0.1) is 32.9 Å². The number of carbonyl (C=O) groups is 3. The Morgan fingerprint density at radius 3 is 2.69 bits per heavy atom. The van der Waals surface area contributed by atoms with Gasteiger partial charge in [-0.3, -0.25) is 9.59 Å². The van der Waals surface area contributed by atoms with Crippen LogP contribution in [0.5, 0.6) is 0 Å². The van der Waals surface area contributed by atoms with Crippen LogP contribution in [-0.2, 0) is 16.6 Å². The molecule has 0 unspecified atom stereocenters. The molecule has 12 heteroatoms. The van der Waals surface area contributed by atoms with Crippen molar-refractivity contribution in [2.75, 3.05) is 11.1 Å². The normalized spacial score (nSPS) is 11.2. The van der Waals surface area contributed by atoms with Crippen molar-refractivity contribution in [2.24, 2.45) is 12.8 Å². The highest BCUT2D eigenvalue weighted by atomic mass is 32.2. The first-order valence-electron chi connectivity index (χ1n) is 10.6. The number of nitrogens with one attached hydrogen (secondary N) is 1. The fraction of sp³-hybridized carbons (Fsp3) is 0.261. The summed E-state index contributed by atoms with van der Waals surface area (Å²) in [6, 6.07) is 8.08. The van der Waals surface area contributed by atoms with E-state index >= 15 is 0 Å². The zero-order valence-corrected chi connectivity index (χ0v) is 21.9. The zero-order valence-electron chi connectivity index (χ0n) is 19.4. The largest absolute Gasteiger partial charge is 0.459 e. The van der Waals surface area contributed by atoms with Crippen molar-refractivity contribution in [1.29, 1.82) is 0 Å². The molecule has 0 saturated carbocycles. The van der Waals surface area contributed by atoms with Crippen molar-refractivity contribution in [2.45, 2.75) is 32.0 Å². The molecule has 4 rings (SSSR count). The fourth-order valence-electron chi connectivity index (χ4n) is 3.47. The van der Waals surface area contributed by atoms with Crippen molar-refractivity contribution in [1.82, 2.24) is 14.8 Å². The number of hydrogen-bond donors (Lipinski definition) is 2. The van der Waals surface area contributed by atoms with E-state index in [2.05, 4.69) is 21.6 Å². The number of fused-ring (bicyclic) bond motifs is 1. The van der Waals surface area contributed by atoms with E-state index in [4.69, 9.17) is 10.5 Å². The van der Waals surface area contributed by atoms with Crippen LogP contribution in [0.2, 0.25) is 0 Å². The Hall–Kier alpha value is -3.22. The van der Waals surface area contributed by atoms with Gasteiger partial charge in [0.25, 0.3) is 5.91 Å². The van der Waals surface area contributed by atoms with Crippen molar-refractivity contribution < 1.29 is 19.1 Å². The van der Waals surface area contributed by atoms with E-state index in [-0.39, 0.29) is 33.2 Å². The minimum Gasteiger partial charge on any atom is -0.459 e. The number of amides is 2. The van der Waals surface area contributed by atoms with Crippen LogP contribution in [0.15, 0.2) is 34.8 Å². The average Bonchev–Trinajstić information content (AvgIpc) is 3.47. The lowest BCUT2D eigenvalue weighted by molar-refractivity contribution is -0.113. The number of primary amides is 1. The first-order chi connectivity index (χ1) is 16.7. The predicted octanol–water partition coefficient (Wildman–Crippen LogP) is 4.46. The number of thioether (sulfide) groups is 1. The Bertz CT molecular complexity index is 1440. The van der Waals surface area contributed by atoms with E-state index in [0.717, 1.165) is 27.0 Å². The van der Waals surface area contributed by atoms with Gasteiger partial charge < -0.3 is 20.4 Å². The van der Waals surface area contributed by atoms with Crippen molar-refractivity contribution in [3.05, 3.63) is 45.6 Å². The maximum Gasteiger partial charge on any atom is 0.341 e. The maximum absolute atomic E-state index is 12.7. The number of carbonyl (C=O) groups excluding carboxylic acids is 3. The molecule has 35 heavy (non-hydrogen) atoms. The number of thiophene rings is 2. The summed E-state index contributed by atoms with van der Waals surface area (Å²) < 4.78 is 8.29. The topological polar surface area (TPSA) is 129 Å². The summed E-state index contributed by atoms with van der Waals surface area (Å²) in [5.74, 6) is -0.920. The second kappa shape index (κ2) is 10.2. The molecule has 3 aromatic heterocycles. The molecule has 182 valence electrons. The van der Waals surface area contributed by atoms with Crippen molar-refractivity contribution in [3.8, 4) is 11.4 Å². The molecule has 0 aliphatic carbocycles. The predicted molar refractivity (Wildman–Crippen MR) is 139 cm³/mol. The fourth-order valence-corrected chi connectivity index (χ4v) is 6.19. The average molecular weight is 530 g/mol. The Balaban J connectivity index is 1.50. The van der Waals surface area contributed by atoms with E-state index in [0.29, 0.717) is 16.5 Å². The molecule has 3 N–H and O–H groups in total. The first-order valence-corrected chi connectivity index (χ1v) is 13.3. The molecule has 0 saturated heterocycles. The van der Waals surface area contributed by atoms with Gasteiger partial charge >= 0.3 is 5.97 Å². The van der Waals surface area contributed by atoms with E-state index in [1.54, 1.807) is 32.1 Å². The van der Waals surface area contributed by atoms with Crippen LogP contribution in [0, 0.1) is 6.92 Å². The lowest BCUT2D eigenvalue weighted by Gasteiger charge is -2.10. The molecule has 0 spiro atoms. The quantitative estimate of drug-likeness (QED) is 0.255. The van der Waals surface area contributed by atoms with E-state index in [9.17, 15) is 14.4 Å². The smallest absolute Gasteiger partial charge is 0.341 e. The van der Waals surface area contributed by atoms with Gasteiger partial charge in [0.05, 0.1) is 22.3 Å². The minimum atomic E-state index is -0.673. The lowest BCUT2D eigenvalue weighted by atomic mass is 10.1. The van der Waals surface area contributed by atoms with Gasteiger partial charge in [-0.05, 0) is 32.4 Å². The molecule has 0 fully saturated rings. The molecule has 0 radical (unpaired) electrons. The van der Waals surface area contributed by atoms with Crippen molar-refractivity contribution in [3.63, 3.8) is 0 Å². The second-order valence-electron chi connectivity index (χ2n) is 7.93. The van der Waals surface area contributed by atoms with Gasteiger partial charge in [-0.25, -0.2) is 4.79 Å². The zero-order chi connectivity index (χ0) is 25.3. The third kappa shape index (κ3) is 5.09. The van der Waals surface area contributed by atoms with Crippen LogP contribution in [0.3, 0.4) is 0 Å². The van der Waals surface area contributed by atoms with Gasteiger partial charge in [-0.2, -0.15) is 0 Å². The van der Waals surface area contributed by atoms with E-state index < -0.39 is 11.9 Å². The molecule has 9 nitrogen and oxygen atoms in total. The van der Waals surface area contributed by atoms with E-state index in [1.807, 2.05) is 35.2 Å². The van der Waals surface area contributed by atoms with E-state index in [1.165, 1.54) is 11.8 Å². The summed E-state index contributed by atoms with van der Waals surface area (Å²) in [5.41, 5.74) is 6.95. The molecule has 1 aromatic carbocycles. The van der Waals surface area contributed by atoms with Gasteiger partial charge in [0.15, 0.2) is 11.0 Å². The second-order valence-corrected chi connectivity index (χ2v) is 10.8. The number of anilines is 1. The number of ether oxygens (including phenoxy) is 1. The van der Waals surface area contributed by atoms with Gasteiger partial charge in [0.2, 0.25) is 5.91 Å². The minimum absolute atomic E-state index is 0.0257. The summed E-state index contributed by atoms with van der Waals surface area (Å²) in [7, 11) is 1.85. The highest BCUT2D eigenvalue weighted by Gasteiger charge is 2.26. The molecule has 0 aliphatic rings. The number of esters is 1. The third-order valence-electron chi connectivity index (χ3n) is 5.06. The number of hydrogen-bond acceptors (Lipinski definition) is 9. The molecule has 0 atom stereocenters.